The number of sulfonamides is 1. The van der Waals surface area contributed by atoms with E-state index in [0.29, 0.717) is 5.75 Å². The summed E-state index contributed by atoms with van der Waals surface area (Å²) in [5.74, 6) is -2.71. The molecule has 0 spiro atoms. The summed E-state index contributed by atoms with van der Waals surface area (Å²) in [6, 6.07) is 8.50. The van der Waals surface area contributed by atoms with Gasteiger partial charge in [-0.05, 0) is 38.8 Å². The second-order valence-corrected chi connectivity index (χ2v) is 10.4. The van der Waals surface area contributed by atoms with Crippen molar-refractivity contribution in [1.29, 1.82) is 0 Å². The highest BCUT2D eigenvalue weighted by Crippen LogP contribution is 2.26. The van der Waals surface area contributed by atoms with Crippen molar-refractivity contribution in [2.45, 2.75) is 32.2 Å². The highest BCUT2D eigenvalue weighted by molar-refractivity contribution is 7.89. The molecule has 2 rings (SSSR count). The van der Waals surface area contributed by atoms with Gasteiger partial charge >= 0.3 is 12.0 Å². The van der Waals surface area contributed by atoms with Crippen molar-refractivity contribution in [2.24, 2.45) is 5.92 Å². The van der Waals surface area contributed by atoms with Gasteiger partial charge in [0.25, 0.3) is 5.91 Å². The Morgan fingerprint density at radius 2 is 1.84 bits per heavy atom. The molecule has 0 bridgehead atoms. The summed E-state index contributed by atoms with van der Waals surface area (Å²) < 4.78 is 31.8. The van der Waals surface area contributed by atoms with Gasteiger partial charge in [0.05, 0.1) is 11.7 Å². The number of carboxylic acid groups (broad SMARTS) is 1. The average Bonchev–Trinajstić information content (AvgIpc) is 2.88. The number of rotatable bonds is 12. The molecule has 32 heavy (non-hydrogen) atoms. The molecule has 178 valence electrons. The van der Waals surface area contributed by atoms with Gasteiger partial charge in [-0.1, -0.05) is 18.2 Å². The van der Waals surface area contributed by atoms with E-state index in [1.807, 2.05) is 6.07 Å². The number of amides is 3. The lowest BCUT2D eigenvalue weighted by atomic mass is 10.0. The van der Waals surface area contributed by atoms with E-state index in [2.05, 4.69) is 0 Å². The Morgan fingerprint density at radius 1 is 1.22 bits per heavy atom. The lowest BCUT2D eigenvalue weighted by Gasteiger charge is -2.22. The molecule has 0 saturated carbocycles. The van der Waals surface area contributed by atoms with E-state index in [1.54, 1.807) is 38.1 Å². The van der Waals surface area contributed by atoms with Gasteiger partial charge in [0.15, 0.2) is 0 Å². The average molecular weight is 470 g/mol. The summed E-state index contributed by atoms with van der Waals surface area (Å²) in [5, 5.41) is 9.50. The Morgan fingerprint density at radius 3 is 2.38 bits per heavy atom. The molecular formula is C21H31N3O7S. The maximum Gasteiger partial charge on any atom is 0.327 e. The Bertz CT molecular complexity index is 934. The molecule has 1 aromatic rings. The van der Waals surface area contributed by atoms with Crippen LogP contribution in [0, 0.1) is 5.92 Å². The third-order valence-electron chi connectivity index (χ3n) is 5.71. The first-order valence-corrected chi connectivity index (χ1v) is 11.9. The van der Waals surface area contributed by atoms with Crippen molar-refractivity contribution < 1.29 is 32.6 Å². The zero-order valence-corrected chi connectivity index (χ0v) is 19.7. The molecule has 1 aliphatic heterocycles. The van der Waals surface area contributed by atoms with Gasteiger partial charge in [0.1, 0.15) is 17.9 Å². The SMILES string of the molecule is CN1C(=O)N(CCCC(CS(=O)(=O)N(C)CCOc2ccccc2)C(=O)O)C(=O)C1(C)C. The molecule has 1 saturated heterocycles. The van der Waals surface area contributed by atoms with Crippen LogP contribution in [0.25, 0.3) is 0 Å². The lowest BCUT2D eigenvalue weighted by Crippen LogP contribution is -2.41. The normalized spacial score (nSPS) is 17.2. The predicted molar refractivity (Wildman–Crippen MR) is 118 cm³/mol. The molecule has 0 aromatic heterocycles. The smallest absolute Gasteiger partial charge is 0.327 e. The number of carbonyl (C=O) groups is 3. The van der Waals surface area contributed by atoms with Gasteiger partial charge in [0.2, 0.25) is 10.0 Å². The highest BCUT2D eigenvalue weighted by Gasteiger charge is 2.48. The van der Waals surface area contributed by atoms with Crippen LogP contribution in [0.2, 0.25) is 0 Å². The summed E-state index contributed by atoms with van der Waals surface area (Å²) in [6.45, 7) is 3.51. The molecule has 10 nitrogen and oxygen atoms in total. The van der Waals surface area contributed by atoms with E-state index in [0.717, 1.165) is 9.21 Å². The van der Waals surface area contributed by atoms with Gasteiger partial charge < -0.3 is 14.7 Å². The Kier molecular flexibility index (Phi) is 8.24. The van der Waals surface area contributed by atoms with Crippen molar-refractivity contribution in [3.05, 3.63) is 30.3 Å². The summed E-state index contributed by atoms with van der Waals surface area (Å²) in [4.78, 5) is 38.7. The number of likely N-dealkylation sites (N-methyl/N-ethyl adjacent to an activating group) is 2. The number of hydrogen-bond acceptors (Lipinski definition) is 6. The predicted octanol–water partition coefficient (Wildman–Crippen LogP) is 1.48. The van der Waals surface area contributed by atoms with Gasteiger partial charge in [-0.15, -0.1) is 0 Å². The molecule has 0 aliphatic carbocycles. The fourth-order valence-electron chi connectivity index (χ4n) is 3.28. The van der Waals surface area contributed by atoms with Gasteiger partial charge in [-0.25, -0.2) is 17.5 Å². The zero-order chi connectivity index (χ0) is 24.1. The molecular weight excluding hydrogens is 438 g/mol. The molecule has 1 fully saturated rings. The van der Waals surface area contributed by atoms with Crippen molar-refractivity contribution in [2.75, 3.05) is 39.5 Å². The zero-order valence-electron chi connectivity index (χ0n) is 18.9. The minimum atomic E-state index is -3.84. The van der Waals surface area contributed by atoms with Crippen LogP contribution in [-0.4, -0.2) is 90.6 Å². The van der Waals surface area contributed by atoms with E-state index in [-0.39, 0.29) is 38.4 Å². The first-order chi connectivity index (χ1) is 14.9. The topological polar surface area (TPSA) is 125 Å². The van der Waals surface area contributed by atoms with Gasteiger partial charge in [0, 0.05) is 27.2 Å². The largest absolute Gasteiger partial charge is 0.492 e. The molecule has 1 unspecified atom stereocenters. The molecule has 11 heteroatoms. The summed E-state index contributed by atoms with van der Waals surface area (Å²) in [5.41, 5.74) is -0.961. The maximum absolute atomic E-state index is 12.6. The van der Waals surface area contributed by atoms with Crippen molar-refractivity contribution in [3.8, 4) is 5.75 Å². The van der Waals surface area contributed by atoms with Crippen LogP contribution in [0.1, 0.15) is 26.7 Å². The second kappa shape index (κ2) is 10.3. The van der Waals surface area contributed by atoms with Crippen molar-refractivity contribution >= 4 is 27.9 Å². The van der Waals surface area contributed by atoms with Gasteiger partial charge in [-0.3, -0.25) is 14.5 Å². The van der Waals surface area contributed by atoms with Crippen LogP contribution < -0.4 is 4.74 Å². The van der Waals surface area contributed by atoms with E-state index in [1.165, 1.54) is 19.0 Å². The number of urea groups is 1. The summed E-state index contributed by atoms with van der Waals surface area (Å²) in [7, 11) is -0.931. The molecule has 1 heterocycles. The van der Waals surface area contributed by atoms with Crippen LogP contribution in [0.15, 0.2) is 30.3 Å². The summed E-state index contributed by atoms with van der Waals surface area (Å²) in [6.07, 6.45) is 0.207. The standard InChI is InChI=1S/C21H31N3O7S/c1-21(2)19(27)24(20(28)23(21)4)12-8-9-16(18(25)26)15-32(29,30)22(3)13-14-31-17-10-6-5-7-11-17/h5-7,10-11,16H,8-9,12-15H2,1-4H3,(H,25,26). The van der Waals surface area contributed by atoms with Crippen LogP contribution in [0.3, 0.4) is 0 Å². The minimum Gasteiger partial charge on any atom is -0.492 e. The number of ether oxygens (including phenoxy) is 1. The number of carbonyl (C=O) groups excluding carboxylic acids is 2. The maximum atomic E-state index is 12.6. The van der Waals surface area contributed by atoms with E-state index >= 15 is 0 Å². The Balaban J connectivity index is 1.88. The molecule has 1 aliphatic rings. The summed E-state index contributed by atoms with van der Waals surface area (Å²) >= 11 is 0. The first-order valence-electron chi connectivity index (χ1n) is 10.3. The number of hydrogen-bond donors (Lipinski definition) is 1. The van der Waals surface area contributed by atoms with Crippen LogP contribution >= 0.6 is 0 Å². The van der Waals surface area contributed by atoms with Crippen LogP contribution in [-0.2, 0) is 19.6 Å². The second-order valence-electron chi connectivity index (χ2n) is 8.30. The number of para-hydroxylation sites is 1. The fourth-order valence-corrected chi connectivity index (χ4v) is 4.71. The molecule has 1 atom stereocenters. The van der Waals surface area contributed by atoms with E-state index in [9.17, 15) is 27.9 Å². The third-order valence-corrected chi connectivity index (χ3v) is 7.67. The Hall–Kier alpha value is -2.66. The van der Waals surface area contributed by atoms with Crippen molar-refractivity contribution in [1.82, 2.24) is 14.1 Å². The van der Waals surface area contributed by atoms with E-state index < -0.39 is 39.2 Å². The fraction of sp³-hybridized carbons (Fsp3) is 0.571. The molecule has 1 aromatic carbocycles. The molecule has 0 radical (unpaired) electrons. The van der Waals surface area contributed by atoms with Crippen LogP contribution in [0.4, 0.5) is 4.79 Å². The molecule has 1 N–H and O–H groups in total. The monoisotopic (exact) mass is 469 g/mol. The van der Waals surface area contributed by atoms with Crippen LogP contribution in [0.5, 0.6) is 5.75 Å². The number of nitrogens with zero attached hydrogens (tertiary/aromatic N) is 3. The number of benzene rings is 1. The first kappa shape index (κ1) is 25.6. The lowest BCUT2D eigenvalue weighted by molar-refractivity contribution is -0.141. The van der Waals surface area contributed by atoms with Gasteiger partial charge in [-0.2, -0.15) is 0 Å². The highest BCUT2D eigenvalue weighted by atomic mass is 32.2. The number of carboxylic acids is 1. The third kappa shape index (κ3) is 5.98. The quantitative estimate of drug-likeness (QED) is 0.460. The minimum absolute atomic E-state index is 0.0180. The Labute approximate surface area is 188 Å². The van der Waals surface area contributed by atoms with E-state index in [4.69, 9.17) is 4.74 Å². The van der Waals surface area contributed by atoms with Crippen molar-refractivity contribution in [3.63, 3.8) is 0 Å². The number of imide groups is 1. The molecule has 3 amide bonds. The number of aliphatic carboxylic acids is 1.